The largest absolute Gasteiger partial charge is 0.340 e. The molecular weight excluding hydrogens is 324 g/mol. The van der Waals surface area contributed by atoms with Crippen LogP contribution in [0.1, 0.15) is 24.3 Å². The van der Waals surface area contributed by atoms with Crippen LogP contribution >= 0.6 is 0 Å². The molecule has 4 rings (SSSR count). The molecule has 3 fully saturated rings. The van der Waals surface area contributed by atoms with Crippen molar-refractivity contribution >= 4 is 15.7 Å². The summed E-state index contributed by atoms with van der Waals surface area (Å²) in [5.74, 6) is 1.42. The van der Waals surface area contributed by atoms with E-state index < -0.39 is 9.84 Å². The summed E-state index contributed by atoms with van der Waals surface area (Å²) in [7, 11) is -2.84. The second-order valence-corrected chi connectivity index (χ2v) is 9.51. The zero-order valence-corrected chi connectivity index (χ0v) is 14.6. The van der Waals surface area contributed by atoms with Crippen molar-refractivity contribution in [3.8, 4) is 0 Å². The van der Waals surface area contributed by atoms with Crippen LogP contribution < -0.4 is 0 Å². The Morgan fingerprint density at radius 3 is 2.38 bits per heavy atom. The number of rotatable bonds is 3. The van der Waals surface area contributed by atoms with Crippen LogP contribution in [0.3, 0.4) is 0 Å². The summed E-state index contributed by atoms with van der Waals surface area (Å²) >= 11 is 0. The monoisotopic (exact) mass is 348 g/mol. The molecule has 3 aliphatic rings. The second kappa shape index (κ2) is 6.15. The van der Waals surface area contributed by atoms with Gasteiger partial charge >= 0.3 is 0 Å². The fraction of sp³-hybridized carbons (Fsp3) is 0.611. The Bertz CT molecular complexity index is 711. The summed E-state index contributed by atoms with van der Waals surface area (Å²) in [4.78, 5) is 16.9. The quantitative estimate of drug-likeness (QED) is 0.821. The molecule has 0 bridgehead atoms. The highest BCUT2D eigenvalue weighted by Gasteiger charge is 2.46. The van der Waals surface area contributed by atoms with Gasteiger partial charge in [0.05, 0.1) is 11.5 Å². The van der Waals surface area contributed by atoms with Crippen molar-refractivity contribution < 1.29 is 13.2 Å². The van der Waals surface area contributed by atoms with E-state index in [1.165, 1.54) is 5.56 Å². The molecule has 0 N–H and O–H groups in total. The molecule has 1 saturated carbocycles. The maximum Gasteiger partial charge on any atom is 0.226 e. The van der Waals surface area contributed by atoms with Crippen LogP contribution in [0.15, 0.2) is 30.3 Å². The van der Waals surface area contributed by atoms with Crippen LogP contribution in [0.4, 0.5) is 0 Å². The van der Waals surface area contributed by atoms with Crippen molar-refractivity contribution in [3.63, 3.8) is 0 Å². The zero-order valence-electron chi connectivity index (χ0n) is 13.8. The number of amides is 1. The number of hydrogen-bond donors (Lipinski definition) is 0. The van der Waals surface area contributed by atoms with Crippen LogP contribution in [0, 0.1) is 5.92 Å². The van der Waals surface area contributed by atoms with Crippen molar-refractivity contribution in [3.05, 3.63) is 35.9 Å². The number of benzene rings is 1. The van der Waals surface area contributed by atoms with Gasteiger partial charge in [-0.2, -0.15) is 0 Å². The van der Waals surface area contributed by atoms with Gasteiger partial charge < -0.3 is 4.90 Å². The van der Waals surface area contributed by atoms with E-state index in [1.54, 1.807) is 0 Å². The van der Waals surface area contributed by atoms with Crippen LogP contribution in [-0.4, -0.2) is 67.9 Å². The Morgan fingerprint density at radius 2 is 1.75 bits per heavy atom. The third kappa shape index (κ3) is 3.22. The third-order valence-electron chi connectivity index (χ3n) is 5.69. The predicted molar refractivity (Wildman–Crippen MR) is 92.5 cm³/mol. The van der Waals surface area contributed by atoms with E-state index in [1.807, 2.05) is 23.1 Å². The molecule has 1 aromatic carbocycles. The third-order valence-corrected chi connectivity index (χ3v) is 7.44. The normalized spacial score (nSPS) is 32.7. The zero-order chi connectivity index (χ0) is 16.7. The Hall–Kier alpha value is -1.40. The molecule has 5 nitrogen and oxygen atoms in total. The molecule has 1 aliphatic carbocycles. The number of hydrogen-bond acceptors (Lipinski definition) is 4. The molecule has 1 aromatic rings. The molecular formula is C18H24N2O3S. The van der Waals surface area contributed by atoms with Crippen LogP contribution in [-0.2, 0) is 14.6 Å². The summed E-state index contributed by atoms with van der Waals surface area (Å²) in [6.07, 6.45) is 1.71. The average Bonchev–Trinajstić information content (AvgIpc) is 3.32. The van der Waals surface area contributed by atoms with Crippen molar-refractivity contribution in [2.45, 2.75) is 24.8 Å². The molecule has 0 spiro atoms. The maximum atomic E-state index is 12.7. The topological polar surface area (TPSA) is 57.7 Å². The predicted octanol–water partition coefficient (Wildman–Crippen LogP) is 1.12. The molecule has 0 unspecified atom stereocenters. The molecule has 0 radical (unpaired) electrons. The minimum atomic E-state index is -2.84. The van der Waals surface area contributed by atoms with Gasteiger partial charge in [0.25, 0.3) is 0 Å². The summed E-state index contributed by atoms with van der Waals surface area (Å²) in [6.45, 7) is 3.06. The molecule has 24 heavy (non-hydrogen) atoms. The Labute approximate surface area is 143 Å². The minimum absolute atomic E-state index is 0.144. The standard InChI is InChI=1S/C18H24N2O3S/c21-18(17-12-16(17)14-4-2-1-3-5-14)20-9-7-19(8-10-20)15-6-11-24(22,23)13-15/h1-5,15-17H,6-13H2/t15-,16-,17+/m0/s1. The van der Waals surface area contributed by atoms with E-state index >= 15 is 0 Å². The van der Waals surface area contributed by atoms with Crippen molar-refractivity contribution in [2.24, 2.45) is 5.92 Å². The molecule has 2 heterocycles. The van der Waals surface area contributed by atoms with Gasteiger partial charge in [-0.15, -0.1) is 0 Å². The summed E-state index contributed by atoms with van der Waals surface area (Å²) in [6, 6.07) is 10.4. The molecule has 130 valence electrons. The van der Waals surface area contributed by atoms with Gasteiger partial charge in [-0.3, -0.25) is 9.69 Å². The lowest BCUT2D eigenvalue weighted by molar-refractivity contribution is -0.134. The van der Waals surface area contributed by atoms with E-state index in [2.05, 4.69) is 17.0 Å². The molecule has 6 heteroatoms. The van der Waals surface area contributed by atoms with Gasteiger partial charge in [0, 0.05) is 38.1 Å². The first-order valence-electron chi connectivity index (χ1n) is 8.82. The molecule has 0 aromatic heterocycles. The average molecular weight is 348 g/mol. The number of piperazine rings is 1. The van der Waals surface area contributed by atoms with E-state index in [4.69, 9.17) is 0 Å². The van der Waals surface area contributed by atoms with E-state index in [0.717, 1.165) is 39.0 Å². The smallest absolute Gasteiger partial charge is 0.226 e. The Kier molecular flexibility index (Phi) is 4.12. The summed E-state index contributed by atoms with van der Waals surface area (Å²) in [5, 5.41) is 0. The number of carbonyl (C=O) groups is 1. The van der Waals surface area contributed by atoms with Crippen LogP contribution in [0.25, 0.3) is 0 Å². The van der Waals surface area contributed by atoms with Gasteiger partial charge in [-0.25, -0.2) is 8.42 Å². The molecule has 1 amide bonds. The highest BCUT2D eigenvalue weighted by Crippen LogP contribution is 2.48. The maximum absolute atomic E-state index is 12.7. The van der Waals surface area contributed by atoms with Crippen molar-refractivity contribution in [1.29, 1.82) is 0 Å². The first kappa shape index (κ1) is 16.1. The minimum Gasteiger partial charge on any atom is -0.340 e. The van der Waals surface area contributed by atoms with Gasteiger partial charge in [0.2, 0.25) is 5.91 Å². The number of sulfone groups is 1. The van der Waals surface area contributed by atoms with Crippen molar-refractivity contribution in [1.82, 2.24) is 9.80 Å². The molecule has 2 saturated heterocycles. The van der Waals surface area contributed by atoms with E-state index in [-0.39, 0.29) is 17.9 Å². The van der Waals surface area contributed by atoms with E-state index in [0.29, 0.717) is 17.4 Å². The lowest BCUT2D eigenvalue weighted by atomic mass is 10.1. The lowest BCUT2D eigenvalue weighted by Crippen LogP contribution is -2.52. The van der Waals surface area contributed by atoms with Crippen LogP contribution in [0.5, 0.6) is 0 Å². The lowest BCUT2D eigenvalue weighted by Gasteiger charge is -2.37. The first-order valence-corrected chi connectivity index (χ1v) is 10.6. The van der Waals surface area contributed by atoms with Gasteiger partial charge in [-0.05, 0) is 24.3 Å². The Balaban J connectivity index is 1.30. The number of carbonyl (C=O) groups excluding carboxylic acids is 1. The molecule has 3 atom stereocenters. The van der Waals surface area contributed by atoms with E-state index in [9.17, 15) is 13.2 Å². The Morgan fingerprint density at radius 1 is 1.04 bits per heavy atom. The van der Waals surface area contributed by atoms with Crippen LogP contribution in [0.2, 0.25) is 0 Å². The highest BCUT2D eigenvalue weighted by molar-refractivity contribution is 7.91. The SMILES string of the molecule is O=C([C@@H]1C[C@H]1c1ccccc1)N1CCN([C@H]2CCS(=O)(=O)C2)CC1. The molecule has 2 aliphatic heterocycles. The van der Waals surface area contributed by atoms with Crippen molar-refractivity contribution in [2.75, 3.05) is 37.7 Å². The summed E-state index contributed by atoms with van der Waals surface area (Å²) in [5.41, 5.74) is 1.27. The van der Waals surface area contributed by atoms with Gasteiger partial charge in [0.15, 0.2) is 9.84 Å². The number of nitrogens with zero attached hydrogens (tertiary/aromatic N) is 2. The highest BCUT2D eigenvalue weighted by atomic mass is 32.2. The van der Waals surface area contributed by atoms with Gasteiger partial charge in [-0.1, -0.05) is 30.3 Å². The fourth-order valence-electron chi connectivity index (χ4n) is 4.14. The first-order chi connectivity index (χ1) is 11.5. The second-order valence-electron chi connectivity index (χ2n) is 7.28. The summed E-state index contributed by atoms with van der Waals surface area (Å²) < 4.78 is 23.3. The fourth-order valence-corrected chi connectivity index (χ4v) is 5.90. The van der Waals surface area contributed by atoms with Gasteiger partial charge in [0.1, 0.15) is 0 Å².